The lowest BCUT2D eigenvalue weighted by atomic mass is 10.2. The van der Waals surface area contributed by atoms with Gasteiger partial charge in [0.1, 0.15) is 0 Å². The second-order valence-corrected chi connectivity index (χ2v) is 6.79. The molecule has 1 saturated heterocycles. The van der Waals surface area contributed by atoms with Gasteiger partial charge in [0, 0.05) is 23.6 Å². The highest BCUT2D eigenvalue weighted by Crippen LogP contribution is 2.23. The van der Waals surface area contributed by atoms with Crippen molar-refractivity contribution in [2.45, 2.75) is 45.4 Å². The Morgan fingerprint density at radius 3 is 2.81 bits per heavy atom. The second-order valence-electron chi connectivity index (χ2n) is 5.30. The van der Waals surface area contributed by atoms with Gasteiger partial charge in [-0.1, -0.05) is 20.8 Å². The normalized spacial score (nSPS) is 27.6. The molecule has 2 unspecified atom stereocenters. The molecule has 0 bridgehead atoms. The van der Waals surface area contributed by atoms with Crippen LogP contribution in [0.3, 0.4) is 0 Å². The third-order valence-electron chi connectivity index (χ3n) is 3.37. The van der Waals surface area contributed by atoms with Gasteiger partial charge in [0.05, 0.1) is 0 Å². The minimum atomic E-state index is 0.754. The summed E-state index contributed by atoms with van der Waals surface area (Å²) >= 11 is 2.12. The molecule has 1 heterocycles. The SMILES string of the molecule is CC(C)CNCCCN1CCSC(C)C1C. The van der Waals surface area contributed by atoms with Crippen molar-refractivity contribution in [1.82, 2.24) is 10.2 Å². The molecule has 0 aromatic carbocycles. The average Bonchev–Trinajstić information content (AvgIpc) is 2.23. The maximum atomic E-state index is 3.52. The fraction of sp³-hybridized carbons (Fsp3) is 1.00. The summed E-state index contributed by atoms with van der Waals surface area (Å²) < 4.78 is 0. The van der Waals surface area contributed by atoms with E-state index >= 15 is 0 Å². The number of nitrogens with one attached hydrogen (secondary N) is 1. The maximum Gasteiger partial charge on any atom is 0.0184 e. The van der Waals surface area contributed by atoms with Crippen LogP contribution in [0.15, 0.2) is 0 Å². The van der Waals surface area contributed by atoms with E-state index in [2.05, 4.69) is 49.7 Å². The molecule has 2 nitrogen and oxygen atoms in total. The van der Waals surface area contributed by atoms with Crippen LogP contribution in [0, 0.1) is 5.92 Å². The van der Waals surface area contributed by atoms with E-state index in [1.165, 1.54) is 31.8 Å². The Hall–Kier alpha value is 0.270. The number of rotatable bonds is 6. The molecule has 1 aliphatic heterocycles. The van der Waals surface area contributed by atoms with Gasteiger partial charge in [-0.25, -0.2) is 0 Å². The average molecular weight is 244 g/mol. The van der Waals surface area contributed by atoms with Gasteiger partial charge in [-0.05, 0) is 38.9 Å². The molecule has 1 aliphatic rings. The number of nitrogens with zero attached hydrogens (tertiary/aromatic N) is 1. The van der Waals surface area contributed by atoms with E-state index in [-0.39, 0.29) is 0 Å². The maximum absolute atomic E-state index is 3.52. The molecule has 16 heavy (non-hydrogen) atoms. The van der Waals surface area contributed by atoms with Gasteiger partial charge in [-0.2, -0.15) is 11.8 Å². The van der Waals surface area contributed by atoms with E-state index in [0.29, 0.717) is 0 Å². The standard InChI is InChI=1S/C13H28N2S/c1-11(2)10-14-6-5-7-15-8-9-16-13(4)12(15)3/h11-14H,5-10H2,1-4H3. The lowest BCUT2D eigenvalue weighted by molar-refractivity contribution is 0.210. The summed E-state index contributed by atoms with van der Waals surface area (Å²) in [6.07, 6.45) is 1.29. The molecule has 1 rings (SSSR count). The largest absolute Gasteiger partial charge is 0.316 e. The first-order valence-corrected chi connectivity index (χ1v) is 7.72. The van der Waals surface area contributed by atoms with Crippen LogP contribution < -0.4 is 5.32 Å². The zero-order valence-corrected chi connectivity index (χ0v) is 12.1. The number of thioether (sulfide) groups is 1. The minimum absolute atomic E-state index is 0.754. The Balaban J connectivity index is 2.07. The molecule has 0 aliphatic carbocycles. The van der Waals surface area contributed by atoms with Crippen molar-refractivity contribution in [3.8, 4) is 0 Å². The van der Waals surface area contributed by atoms with Gasteiger partial charge in [-0.3, -0.25) is 4.90 Å². The molecule has 96 valence electrons. The Morgan fingerprint density at radius 2 is 2.12 bits per heavy atom. The van der Waals surface area contributed by atoms with Crippen molar-refractivity contribution in [2.24, 2.45) is 5.92 Å². The third-order valence-corrected chi connectivity index (χ3v) is 4.70. The molecule has 0 saturated carbocycles. The van der Waals surface area contributed by atoms with Crippen LogP contribution in [0.4, 0.5) is 0 Å². The summed E-state index contributed by atoms with van der Waals surface area (Å²) in [7, 11) is 0. The zero-order valence-electron chi connectivity index (χ0n) is 11.3. The predicted molar refractivity (Wildman–Crippen MR) is 75.3 cm³/mol. The van der Waals surface area contributed by atoms with E-state index < -0.39 is 0 Å². The van der Waals surface area contributed by atoms with Gasteiger partial charge in [0.2, 0.25) is 0 Å². The summed E-state index contributed by atoms with van der Waals surface area (Å²) in [4.78, 5) is 2.65. The van der Waals surface area contributed by atoms with Gasteiger partial charge < -0.3 is 5.32 Å². The second kappa shape index (κ2) is 7.57. The quantitative estimate of drug-likeness (QED) is 0.723. The van der Waals surface area contributed by atoms with Crippen LogP contribution >= 0.6 is 11.8 Å². The van der Waals surface area contributed by atoms with Gasteiger partial charge in [0.25, 0.3) is 0 Å². The molecule has 0 radical (unpaired) electrons. The summed E-state index contributed by atoms with van der Waals surface area (Å²) in [6, 6.07) is 0.754. The highest BCUT2D eigenvalue weighted by Gasteiger charge is 2.24. The van der Waals surface area contributed by atoms with Crippen molar-refractivity contribution in [2.75, 3.05) is 31.9 Å². The molecule has 3 heteroatoms. The van der Waals surface area contributed by atoms with Crippen molar-refractivity contribution >= 4 is 11.8 Å². The highest BCUT2D eigenvalue weighted by molar-refractivity contribution is 8.00. The Morgan fingerprint density at radius 1 is 1.38 bits per heavy atom. The number of hydrogen-bond acceptors (Lipinski definition) is 3. The smallest absolute Gasteiger partial charge is 0.0184 e. The van der Waals surface area contributed by atoms with Crippen molar-refractivity contribution in [1.29, 1.82) is 0 Å². The van der Waals surface area contributed by atoms with Crippen molar-refractivity contribution in [3.05, 3.63) is 0 Å². The zero-order chi connectivity index (χ0) is 12.0. The van der Waals surface area contributed by atoms with E-state index in [1.807, 2.05) is 0 Å². The van der Waals surface area contributed by atoms with Crippen LogP contribution in [-0.4, -0.2) is 48.1 Å². The molecule has 2 atom stereocenters. The Labute approximate surface area is 106 Å². The molecule has 0 aromatic heterocycles. The molecule has 0 amide bonds. The summed E-state index contributed by atoms with van der Waals surface area (Å²) in [5, 5.41) is 4.32. The van der Waals surface area contributed by atoms with E-state index in [0.717, 1.165) is 23.8 Å². The van der Waals surface area contributed by atoms with E-state index in [4.69, 9.17) is 0 Å². The predicted octanol–water partition coefficient (Wildman–Crippen LogP) is 2.45. The van der Waals surface area contributed by atoms with Gasteiger partial charge in [-0.15, -0.1) is 0 Å². The fourth-order valence-corrected chi connectivity index (χ4v) is 3.27. The first-order chi connectivity index (χ1) is 7.61. The first-order valence-electron chi connectivity index (χ1n) is 6.67. The Bertz CT molecular complexity index is 185. The highest BCUT2D eigenvalue weighted by atomic mass is 32.2. The molecular weight excluding hydrogens is 216 g/mol. The summed E-state index contributed by atoms with van der Waals surface area (Å²) in [5.74, 6) is 2.08. The van der Waals surface area contributed by atoms with Gasteiger partial charge in [0.15, 0.2) is 0 Å². The molecule has 1 fully saturated rings. The van der Waals surface area contributed by atoms with Crippen molar-refractivity contribution < 1.29 is 0 Å². The summed E-state index contributed by atoms with van der Waals surface area (Å²) in [6.45, 7) is 14.1. The van der Waals surface area contributed by atoms with E-state index in [1.54, 1.807) is 0 Å². The van der Waals surface area contributed by atoms with Crippen LogP contribution in [0.1, 0.15) is 34.1 Å². The van der Waals surface area contributed by atoms with Crippen LogP contribution in [0.5, 0.6) is 0 Å². The lowest BCUT2D eigenvalue weighted by Gasteiger charge is -2.37. The van der Waals surface area contributed by atoms with Crippen LogP contribution in [-0.2, 0) is 0 Å². The third kappa shape index (κ3) is 5.07. The van der Waals surface area contributed by atoms with Crippen LogP contribution in [0.2, 0.25) is 0 Å². The first kappa shape index (κ1) is 14.3. The Kier molecular flexibility index (Phi) is 6.78. The fourth-order valence-electron chi connectivity index (χ4n) is 2.11. The lowest BCUT2D eigenvalue weighted by Crippen LogP contribution is -2.45. The summed E-state index contributed by atoms with van der Waals surface area (Å²) in [5.41, 5.74) is 0. The van der Waals surface area contributed by atoms with Crippen LogP contribution in [0.25, 0.3) is 0 Å². The molecule has 0 spiro atoms. The van der Waals surface area contributed by atoms with Gasteiger partial charge >= 0.3 is 0 Å². The van der Waals surface area contributed by atoms with E-state index in [9.17, 15) is 0 Å². The molecule has 1 N–H and O–H groups in total. The molecular formula is C13H28N2S. The monoisotopic (exact) mass is 244 g/mol. The molecule has 0 aromatic rings. The minimum Gasteiger partial charge on any atom is -0.316 e. The van der Waals surface area contributed by atoms with Crippen molar-refractivity contribution in [3.63, 3.8) is 0 Å². The number of hydrogen-bond donors (Lipinski definition) is 1. The topological polar surface area (TPSA) is 15.3 Å².